The van der Waals surface area contributed by atoms with E-state index in [4.69, 9.17) is 10.2 Å². The summed E-state index contributed by atoms with van der Waals surface area (Å²) in [6.07, 6.45) is 0. The van der Waals surface area contributed by atoms with Gasteiger partial charge in [0.25, 0.3) is 5.69 Å². The molecular formula is C7H6KNO6. The normalized spacial score (nSPS) is 8.27. The summed E-state index contributed by atoms with van der Waals surface area (Å²) in [6.45, 7) is 0. The Bertz CT molecular complexity index is 380. The summed E-state index contributed by atoms with van der Waals surface area (Å²) in [5, 5.41) is 27.7. The second kappa shape index (κ2) is 6.88. The van der Waals surface area contributed by atoms with Crippen LogP contribution in [0.15, 0.2) is 18.2 Å². The molecule has 1 aromatic carbocycles. The Kier molecular flexibility index (Phi) is 7.75. The number of hydrogen-bond acceptors (Lipinski definition) is 5. The first-order valence-corrected chi connectivity index (χ1v) is 3.23. The molecule has 0 radical (unpaired) electrons. The summed E-state index contributed by atoms with van der Waals surface area (Å²) in [5.74, 6) is -1.89. The van der Waals surface area contributed by atoms with Crippen molar-refractivity contribution in [3.05, 3.63) is 33.9 Å². The molecule has 0 spiro atoms. The van der Waals surface area contributed by atoms with Crippen LogP contribution in [0, 0.1) is 10.1 Å². The first-order valence-electron chi connectivity index (χ1n) is 3.23. The van der Waals surface area contributed by atoms with Crippen LogP contribution in [0.1, 0.15) is 10.4 Å². The Hall–Kier alpha value is -0.514. The van der Waals surface area contributed by atoms with Crippen molar-refractivity contribution >= 4 is 11.7 Å². The molecule has 0 atom stereocenters. The Morgan fingerprint density at radius 2 is 1.93 bits per heavy atom. The van der Waals surface area contributed by atoms with E-state index < -0.39 is 22.2 Å². The van der Waals surface area contributed by atoms with Gasteiger partial charge in [0, 0.05) is 12.1 Å². The van der Waals surface area contributed by atoms with Crippen molar-refractivity contribution in [3.8, 4) is 5.75 Å². The molecule has 0 saturated heterocycles. The Morgan fingerprint density at radius 1 is 1.40 bits per heavy atom. The second-order valence-electron chi connectivity index (χ2n) is 2.26. The fraction of sp³-hybridized carbons (Fsp3) is 0. The van der Waals surface area contributed by atoms with E-state index in [0.717, 1.165) is 18.2 Å². The van der Waals surface area contributed by atoms with Crippen molar-refractivity contribution in [1.82, 2.24) is 0 Å². The van der Waals surface area contributed by atoms with Crippen LogP contribution < -0.4 is 51.4 Å². The number of phenols is 1. The average molecular weight is 239 g/mol. The number of carbonyl (C=O) groups is 1. The molecule has 0 amide bonds. The van der Waals surface area contributed by atoms with Gasteiger partial charge in [-0.15, -0.1) is 0 Å². The van der Waals surface area contributed by atoms with Crippen molar-refractivity contribution in [2.24, 2.45) is 0 Å². The molecule has 0 saturated carbocycles. The number of carboxylic acids is 1. The number of nitro groups is 1. The molecule has 0 heterocycles. The molecule has 1 aromatic rings. The van der Waals surface area contributed by atoms with E-state index >= 15 is 0 Å². The third-order valence-electron chi connectivity index (χ3n) is 1.42. The smallest absolute Gasteiger partial charge is 0.870 e. The summed E-state index contributed by atoms with van der Waals surface area (Å²) in [6, 6.07) is 2.81. The van der Waals surface area contributed by atoms with Gasteiger partial charge in [-0.1, -0.05) is 0 Å². The fourth-order valence-electron chi connectivity index (χ4n) is 0.809. The number of nitrogens with zero attached hydrogens (tertiary/aromatic N) is 1. The quantitative estimate of drug-likeness (QED) is 0.343. The number of aromatic carboxylic acids is 1. The first-order chi connectivity index (χ1) is 6.02. The van der Waals surface area contributed by atoms with E-state index in [1.807, 2.05) is 0 Å². The standard InChI is InChI=1S/C7H5NO5.K.H2O/c9-6-2-1-4(8(12)13)3-5(6)7(10)11;;/h1-3,9H,(H,10,11);;1H2/q;+1;/p-1. The summed E-state index contributed by atoms with van der Waals surface area (Å²) in [5.41, 5.74) is -0.843. The number of aromatic hydroxyl groups is 1. The Balaban J connectivity index is 0. The van der Waals surface area contributed by atoms with Crippen molar-refractivity contribution < 1.29 is 76.8 Å². The molecule has 0 aliphatic rings. The van der Waals surface area contributed by atoms with Gasteiger partial charge in [-0.05, 0) is 6.07 Å². The Morgan fingerprint density at radius 3 is 2.33 bits per heavy atom. The van der Waals surface area contributed by atoms with Crippen LogP contribution in [0.25, 0.3) is 0 Å². The van der Waals surface area contributed by atoms with Crippen LogP contribution in [0.3, 0.4) is 0 Å². The van der Waals surface area contributed by atoms with E-state index in [0.29, 0.717) is 0 Å². The topological polar surface area (TPSA) is 131 Å². The SMILES string of the molecule is O=C(O)c1cc([N+](=O)[O-])ccc1O.[K+].[OH-]. The van der Waals surface area contributed by atoms with Crippen molar-refractivity contribution in [3.63, 3.8) is 0 Å². The average Bonchev–Trinajstić information content (AvgIpc) is 2.04. The number of non-ortho nitro benzene ring substituents is 1. The predicted molar refractivity (Wildman–Crippen MR) is 43.7 cm³/mol. The van der Waals surface area contributed by atoms with Crippen LogP contribution in [0.4, 0.5) is 5.69 Å². The van der Waals surface area contributed by atoms with Gasteiger partial charge in [0.05, 0.1) is 4.92 Å². The van der Waals surface area contributed by atoms with Crippen LogP contribution in [-0.4, -0.2) is 26.6 Å². The molecule has 15 heavy (non-hydrogen) atoms. The molecule has 8 heteroatoms. The van der Waals surface area contributed by atoms with Gasteiger partial charge in [0.1, 0.15) is 11.3 Å². The molecule has 7 nitrogen and oxygen atoms in total. The van der Waals surface area contributed by atoms with Crippen LogP contribution >= 0.6 is 0 Å². The largest absolute Gasteiger partial charge is 1.00 e. The predicted octanol–water partition coefficient (Wildman–Crippen LogP) is -2.17. The minimum absolute atomic E-state index is 0. The molecular weight excluding hydrogens is 233 g/mol. The van der Waals surface area contributed by atoms with E-state index in [1.165, 1.54) is 0 Å². The maximum absolute atomic E-state index is 10.4. The third kappa shape index (κ3) is 4.24. The Labute approximate surface area is 127 Å². The van der Waals surface area contributed by atoms with Crippen LogP contribution in [0.2, 0.25) is 0 Å². The number of hydrogen-bond donors (Lipinski definition) is 2. The van der Waals surface area contributed by atoms with Crippen LogP contribution in [0.5, 0.6) is 5.75 Å². The minimum Gasteiger partial charge on any atom is -0.870 e. The molecule has 1 rings (SSSR count). The molecule has 0 fully saturated rings. The molecule has 0 bridgehead atoms. The number of carboxylic acid groups (broad SMARTS) is 1. The molecule has 0 unspecified atom stereocenters. The van der Waals surface area contributed by atoms with Gasteiger partial charge in [-0.2, -0.15) is 0 Å². The zero-order valence-corrected chi connectivity index (χ0v) is 10.9. The monoisotopic (exact) mass is 239 g/mol. The van der Waals surface area contributed by atoms with Crippen molar-refractivity contribution in [2.75, 3.05) is 0 Å². The van der Waals surface area contributed by atoms with E-state index in [-0.39, 0.29) is 62.5 Å². The van der Waals surface area contributed by atoms with E-state index in [2.05, 4.69) is 0 Å². The summed E-state index contributed by atoms with van der Waals surface area (Å²) in [7, 11) is 0. The number of nitro benzene ring substituents is 1. The van der Waals surface area contributed by atoms with Crippen molar-refractivity contribution in [2.45, 2.75) is 0 Å². The maximum atomic E-state index is 10.4. The minimum atomic E-state index is -1.40. The summed E-state index contributed by atoms with van der Waals surface area (Å²) >= 11 is 0. The zero-order chi connectivity index (χ0) is 10.0. The molecule has 0 aliphatic heterocycles. The third-order valence-corrected chi connectivity index (χ3v) is 1.42. The van der Waals surface area contributed by atoms with Gasteiger partial charge >= 0.3 is 57.4 Å². The second-order valence-corrected chi connectivity index (χ2v) is 2.26. The van der Waals surface area contributed by atoms with E-state index in [9.17, 15) is 14.9 Å². The molecule has 3 N–H and O–H groups in total. The summed E-state index contributed by atoms with van der Waals surface area (Å²) < 4.78 is 0. The summed E-state index contributed by atoms with van der Waals surface area (Å²) in [4.78, 5) is 19.9. The first kappa shape index (κ1) is 16.9. The molecule has 0 aliphatic carbocycles. The zero-order valence-electron chi connectivity index (χ0n) is 7.75. The van der Waals surface area contributed by atoms with E-state index in [1.54, 1.807) is 0 Å². The fourth-order valence-corrected chi connectivity index (χ4v) is 0.809. The number of rotatable bonds is 2. The van der Waals surface area contributed by atoms with Crippen LogP contribution in [-0.2, 0) is 0 Å². The van der Waals surface area contributed by atoms with Gasteiger partial charge in [0.15, 0.2) is 0 Å². The van der Waals surface area contributed by atoms with Crippen molar-refractivity contribution in [1.29, 1.82) is 0 Å². The molecule has 0 aromatic heterocycles. The van der Waals surface area contributed by atoms with Gasteiger partial charge in [-0.3, -0.25) is 10.1 Å². The van der Waals surface area contributed by atoms with Gasteiger partial charge < -0.3 is 15.7 Å². The van der Waals surface area contributed by atoms with Gasteiger partial charge in [0.2, 0.25) is 0 Å². The number of benzene rings is 1. The molecule has 76 valence electrons. The van der Waals surface area contributed by atoms with Gasteiger partial charge in [-0.25, -0.2) is 4.79 Å². The maximum Gasteiger partial charge on any atom is 1.00 e.